The van der Waals surface area contributed by atoms with E-state index in [0.29, 0.717) is 0 Å². The Balaban J connectivity index is 3.01. The molecule has 0 saturated carbocycles. The third kappa shape index (κ3) is 9.96. The highest BCUT2D eigenvalue weighted by atomic mass is 16.3. The van der Waals surface area contributed by atoms with E-state index >= 15 is 0 Å². The Morgan fingerprint density at radius 2 is 1.58 bits per heavy atom. The van der Waals surface area contributed by atoms with E-state index in [1.807, 2.05) is 0 Å². The molecule has 0 bridgehead atoms. The molecule has 0 aromatic carbocycles. The van der Waals surface area contributed by atoms with Crippen molar-refractivity contribution < 1.29 is 5.11 Å². The van der Waals surface area contributed by atoms with Crippen molar-refractivity contribution in [2.75, 3.05) is 0 Å². The fraction of sp³-hybridized carbons (Fsp3) is 0.909. The highest BCUT2D eigenvalue weighted by Gasteiger charge is 2.10. The Morgan fingerprint density at radius 1 is 1.08 bits per heavy atom. The lowest BCUT2D eigenvalue weighted by molar-refractivity contribution is 0.0955. The SMILES string of the molecule is [CH2]C(C)(O)CCCCCCCC. The van der Waals surface area contributed by atoms with Gasteiger partial charge < -0.3 is 5.11 Å². The second-order valence-corrected chi connectivity index (χ2v) is 4.01. The van der Waals surface area contributed by atoms with Crippen LogP contribution in [0.5, 0.6) is 0 Å². The molecule has 0 aliphatic rings. The summed E-state index contributed by atoms with van der Waals surface area (Å²) in [5, 5.41) is 9.31. The zero-order chi connectivity index (χ0) is 9.45. The van der Waals surface area contributed by atoms with Gasteiger partial charge in [0.25, 0.3) is 0 Å². The van der Waals surface area contributed by atoms with E-state index in [4.69, 9.17) is 0 Å². The van der Waals surface area contributed by atoms with Crippen LogP contribution in [0.3, 0.4) is 0 Å². The van der Waals surface area contributed by atoms with Gasteiger partial charge in [0.15, 0.2) is 0 Å². The normalized spacial score (nSPS) is 12.0. The summed E-state index contributed by atoms with van der Waals surface area (Å²) in [6.07, 6.45) is 8.48. The predicted octanol–water partition coefficient (Wildman–Crippen LogP) is 3.32. The molecule has 1 heteroatoms. The molecule has 1 N–H and O–H groups in total. The van der Waals surface area contributed by atoms with Crippen LogP contribution in [0.4, 0.5) is 0 Å². The third-order valence-electron chi connectivity index (χ3n) is 2.07. The smallest absolute Gasteiger partial charge is 0.0620 e. The van der Waals surface area contributed by atoms with Crippen molar-refractivity contribution in [1.82, 2.24) is 0 Å². The molecule has 0 heterocycles. The molecule has 0 aromatic rings. The van der Waals surface area contributed by atoms with Crippen molar-refractivity contribution >= 4 is 0 Å². The molecular formula is C11H23O. The standard InChI is InChI=1S/C11H23O/c1-4-5-6-7-8-9-10-11(2,3)12/h12H,2,4-10H2,1,3H3. The number of aliphatic hydroxyl groups is 1. The molecule has 0 spiro atoms. The molecule has 0 aromatic heterocycles. The van der Waals surface area contributed by atoms with Gasteiger partial charge in [0.1, 0.15) is 0 Å². The van der Waals surface area contributed by atoms with Gasteiger partial charge in [-0.3, -0.25) is 0 Å². The maximum absolute atomic E-state index is 9.31. The van der Waals surface area contributed by atoms with E-state index < -0.39 is 5.60 Å². The van der Waals surface area contributed by atoms with Crippen LogP contribution in [0, 0.1) is 6.92 Å². The van der Waals surface area contributed by atoms with E-state index in [0.717, 1.165) is 12.8 Å². The lowest BCUT2D eigenvalue weighted by atomic mass is 10.00. The molecular weight excluding hydrogens is 148 g/mol. The highest BCUT2D eigenvalue weighted by Crippen LogP contribution is 2.14. The van der Waals surface area contributed by atoms with E-state index in [2.05, 4.69) is 13.8 Å². The van der Waals surface area contributed by atoms with Crippen LogP contribution in [-0.4, -0.2) is 10.7 Å². The van der Waals surface area contributed by atoms with Crippen LogP contribution >= 0.6 is 0 Å². The zero-order valence-corrected chi connectivity index (χ0v) is 8.60. The summed E-state index contributed by atoms with van der Waals surface area (Å²) in [7, 11) is 0. The molecule has 0 saturated heterocycles. The lowest BCUT2D eigenvalue weighted by Gasteiger charge is -2.15. The van der Waals surface area contributed by atoms with E-state index in [-0.39, 0.29) is 0 Å². The van der Waals surface area contributed by atoms with Crippen LogP contribution in [0.1, 0.15) is 58.8 Å². The van der Waals surface area contributed by atoms with Crippen LogP contribution in [0.25, 0.3) is 0 Å². The van der Waals surface area contributed by atoms with Gasteiger partial charge in [0.2, 0.25) is 0 Å². The van der Waals surface area contributed by atoms with E-state index in [1.165, 1.54) is 32.1 Å². The number of unbranched alkanes of at least 4 members (excludes halogenated alkanes) is 5. The molecule has 0 rings (SSSR count). The summed E-state index contributed by atoms with van der Waals surface area (Å²) in [6, 6.07) is 0. The van der Waals surface area contributed by atoms with Crippen LogP contribution in [0.2, 0.25) is 0 Å². The second kappa shape index (κ2) is 6.47. The van der Waals surface area contributed by atoms with Gasteiger partial charge in [0, 0.05) is 0 Å². The van der Waals surface area contributed by atoms with Crippen molar-refractivity contribution in [2.24, 2.45) is 0 Å². The Hall–Kier alpha value is -0.0400. The first-order valence-corrected chi connectivity index (χ1v) is 5.14. The summed E-state index contributed by atoms with van der Waals surface area (Å²) in [4.78, 5) is 0. The predicted molar refractivity (Wildman–Crippen MR) is 54.0 cm³/mol. The minimum absolute atomic E-state index is 0.704. The monoisotopic (exact) mass is 171 g/mol. The molecule has 1 radical (unpaired) electrons. The van der Waals surface area contributed by atoms with Gasteiger partial charge in [-0.2, -0.15) is 0 Å². The zero-order valence-electron chi connectivity index (χ0n) is 8.60. The average molecular weight is 171 g/mol. The molecule has 12 heavy (non-hydrogen) atoms. The molecule has 0 aliphatic heterocycles. The summed E-state index contributed by atoms with van der Waals surface area (Å²) < 4.78 is 0. The number of hydrogen-bond acceptors (Lipinski definition) is 1. The fourth-order valence-electron chi connectivity index (χ4n) is 1.29. The minimum Gasteiger partial charge on any atom is -0.390 e. The maximum Gasteiger partial charge on any atom is 0.0620 e. The van der Waals surface area contributed by atoms with Crippen molar-refractivity contribution in [1.29, 1.82) is 0 Å². The average Bonchev–Trinajstić information content (AvgIpc) is 1.94. The first kappa shape index (κ1) is 12.0. The first-order valence-electron chi connectivity index (χ1n) is 5.14. The van der Waals surface area contributed by atoms with Crippen molar-refractivity contribution in [3.05, 3.63) is 6.92 Å². The number of rotatable bonds is 7. The lowest BCUT2D eigenvalue weighted by Crippen LogP contribution is -2.18. The Kier molecular flexibility index (Phi) is 6.45. The van der Waals surface area contributed by atoms with Gasteiger partial charge in [0.05, 0.1) is 5.60 Å². The molecule has 0 amide bonds. The van der Waals surface area contributed by atoms with Gasteiger partial charge in [-0.05, 0) is 20.3 Å². The molecule has 1 nitrogen and oxygen atoms in total. The van der Waals surface area contributed by atoms with Crippen molar-refractivity contribution in [2.45, 2.75) is 64.4 Å². The summed E-state index contributed by atoms with van der Waals surface area (Å²) in [5.41, 5.74) is -0.704. The molecule has 1 atom stereocenters. The Morgan fingerprint density at radius 3 is 2.08 bits per heavy atom. The number of hydrogen-bond donors (Lipinski definition) is 1. The third-order valence-corrected chi connectivity index (χ3v) is 2.07. The van der Waals surface area contributed by atoms with E-state index in [1.54, 1.807) is 6.92 Å². The largest absolute Gasteiger partial charge is 0.390 e. The second-order valence-electron chi connectivity index (χ2n) is 4.01. The first-order chi connectivity index (χ1) is 5.56. The van der Waals surface area contributed by atoms with Crippen LogP contribution in [0.15, 0.2) is 0 Å². The minimum atomic E-state index is -0.704. The van der Waals surface area contributed by atoms with Gasteiger partial charge in [-0.25, -0.2) is 0 Å². The molecule has 0 fully saturated rings. The Labute approximate surface area is 77.2 Å². The van der Waals surface area contributed by atoms with Gasteiger partial charge >= 0.3 is 0 Å². The molecule has 0 aliphatic carbocycles. The fourth-order valence-corrected chi connectivity index (χ4v) is 1.29. The van der Waals surface area contributed by atoms with Gasteiger partial charge in [-0.1, -0.05) is 45.4 Å². The maximum atomic E-state index is 9.31. The topological polar surface area (TPSA) is 20.2 Å². The van der Waals surface area contributed by atoms with Crippen LogP contribution < -0.4 is 0 Å². The van der Waals surface area contributed by atoms with Crippen LogP contribution in [-0.2, 0) is 0 Å². The van der Waals surface area contributed by atoms with E-state index in [9.17, 15) is 5.11 Å². The van der Waals surface area contributed by atoms with Crippen molar-refractivity contribution in [3.8, 4) is 0 Å². The molecule has 1 unspecified atom stereocenters. The summed E-state index contributed by atoms with van der Waals surface area (Å²) >= 11 is 0. The van der Waals surface area contributed by atoms with Gasteiger partial charge in [-0.15, -0.1) is 0 Å². The Bertz CT molecular complexity index is 91.7. The highest BCUT2D eigenvalue weighted by molar-refractivity contribution is 4.73. The summed E-state index contributed by atoms with van der Waals surface area (Å²) in [5.74, 6) is 0. The summed E-state index contributed by atoms with van der Waals surface area (Å²) in [6.45, 7) is 7.66. The molecule has 73 valence electrons. The van der Waals surface area contributed by atoms with Crippen molar-refractivity contribution in [3.63, 3.8) is 0 Å². The quantitative estimate of drug-likeness (QED) is 0.583.